The van der Waals surface area contributed by atoms with Crippen molar-refractivity contribution < 1.29 is 17.6 Å². The summed E-state index contributed by atoms with van der Waals surface area (Å²) in [5.41, 5.74) is 1.03. The molecule has 164 valence electrons. The second kappa shape index (κ2) is 8.88. The second-order valence-electron chi connectivity index (χ2n) is 8.61. The zero-order valence-corrected chi connectivity index (χ0v) is 19.2. The van der Waals surface area contributed by atoms with Crippen LogP contribution in [0.3, 0.4) is 0 Å². The minimum atomic E-state index is -3.51. The average Bonchev–Trinajstić information content (AvgIpc) is 3.14. The first-order valence-electron chi connectivity index (χ1n) is 10.6. The highest BCUT2D eigenvalue weighted by atomic mass is 32.2. The number of aromatic nitrogens is 1. The molecule has 4 rings (SSSR count). The molecule has 0 saturated carbocycles. The number of hydrogen-bond acceptors (Lipinski definition) is 6. The number of sulfonamides is 1. The van der Waals surface area contributed by atoms with Crippen molar-refractivity contribution in [2.24, 2.45) is 11.8 Å². The quantitative estimate of drug-likeness (QED) is 0.646. The molecule has 2 unspecified atom stereocenters. The molecule has 1 amide bonds. The Bertz CT molecular complexity index is 1000. The molecule has 0 bridgehead atoms. The van der Waals surface area contributed by atoms with Crippen LogP contribution < -0.4 is 0 Å². The summed E-state index contributed by atoms with van der Waals surface area (Å²) in [5.74, 6) is 1.40. The zero-order valence-electron chi connectivity index (χ0n) is 17.5. The van der Waals surface area contributed by atoms with Crippen molar-refractivity contribution in [2.75, 3.05) is 31.9 Å². The van der Waals surface area contributed by atoms with Crippen LogP contribution in [0.1, 0.15) is 39.5 Å². The van der Waals surface area contributed by atoms with Gasteiger partial charge in [0.2, 0.25) is 15.9 Å². The van der Waals surface area contributed by atoms with E-state index in [2.05, 4.69) is 18.8 Å². The number of rotatable bonds is 5. The van der Waals surface area contributed by atoms with Gasteiger partial charge in [-0.05, 0) is 49.3 Å². The molecule has 3 heterocycles. The molecular formula is C21H29N3O4S2. The lowest BCUT2D eigenvalue weighted by atomic mass is 9.92. The van der Waals surface area contributed by atoms with Crippen LogP contribution in [0.4, 0.5) is 0 Å². The van der Waals surface area contributed by atoms with E-state index in [0.717, 1.165) is 38.8 Å². The molecule has 2 fully saturated rings. The van der Waals surface area contributed by atoms with Gasteiger partial charge in [0.15, 0.2) is 5.58 Å². The second-order valence-corrected chi connectivity index (χ2v) is 11.5. The number of hydrogen-bond donors (Lipinski definition) is 0. The van der Waals surface area contributed by atoms with E-state index < -0.39 is 10.0 Å². The molecule has 1 aromatic heterocycles. The third-order valence-electron chi connectivity index (χ3n) is 5.83. The van der Waals surface area contributed by atoms with Gasteiger partial charge < -0.3 is 9.32 Å². The van der Waals surface area contributed by atoms with E-state index in [-0.39, 0.29) is 16.6 Å². The van der Waals surface area contributed by atoms with Crippen LogP contribution in [0, 0.1) is 11.8 Å². The molecule has 2 aromatic rings. The predicted molar refractivity (Wildman–Crippen MR) is 117 cm³/mol. The predicted octanol–water partition coefficient (Wildman–Crippen LogP) is 3.60. The summed E-state index contributed by atoms with van der Waals surface area (Å²) in [6.07, 6.45) is 4.03. The molecule has 1 aromatic carbocycles. The summed E-state index contributed by atoms with van der Waals surface area (Å²) >= 11 is 1.26. The Morgan fingerprint density at radius 3 is 2.57 bits per heavy atom. The fraction of sp³-hybridized carbons (Fsp3) is 0.619. The SMILES string of the molecule is CC1CC(C)CN(C(=O)CSc2nc3cc(S(=O)(=O)N4CCCCC4)ccc3o2)C1. The maximum atomic E-state index is 12.9. The smallest absolute Gasteiger partial charge is 0.257 e. The van der Waals surface area contributed by atoms with E-state index >= 15 is 0 Å². The van der Waals surface area contributed by atoms with Crippen LogP contribution in [0.5, 0.6) is 0 Å². The van der Waals surface area contributed by atoms with E-state index in [9.17, 15) is 13.2 Å². The fourth-order valence-electron chi connectivity index (χ4n) is 4.44. The summed E-state index contributed by atoms with van der Waals surface area (Å²) in [6.45, 7) is 7.09. The Kier molecular flexibility index (Phi) is 6.41. The molecule has 0 N–H and O–H groups in total. The van der Waals surface area contributed by atoms with E-state index in [1.54, 1.807) is 22.5 Å². The Hall–Kier alpha value is -1.58. The summed E-state index contributed by atoms with van der Waals surface area (Å²) in [5, 5.41) is 0.393. The molecule has 2 atom stereocenters. The van der Waals surface area contributed by atoms with Gasteiger partial charge in [-0.1, -0.05) is 32.0 Å². The highest BCUT2D eigenvalue weighted by Crippen LogP contribution is 2.28. The molecule has 0 spiro atoms. The van der Waals surface area contributed by atoms with Gasteiger partial charge in [0.1, 0.15) is 5.52 Å². The third-order valence-corrected chi connectivity index (χ3v) is 8.54. The van der Waals surface area contributed by atoms with Crippen LogP contribution in [0.2, 0.25) is 0 Å². The topological polar surface area (TPSA) is 83.7 Å². The Morgan fingerprint density at radius 2 is 1.87 bits per heavy atom. The van der Waals surface area contributed by atoms with E-state index in [4.69, 9.17) is 4.42 Å². The van der Waals surface area contributed by atoms with Crippen molar-refractivity contribution in [1.29, 1.82) is 0 Å². The number of carbonyl (C=O) groups is 1. The van der Waals surface area contributed by atoms with Gasteiger partial charge in [0.05, 0.1) is 10.6 Å². The van der Waals surface area contributed by atoms with Crippen molar-refractivity contribution in [2.45, 2.75) is 49.6 Å². The number of fused-ring (bicyclic) bond motifs is 1. The molecule has 0 aliphatic carbocycles. The van der Waals surface area contributed by atoms with Gasteiger partial charge in [0.25, 0.3) is 5.22 Å². The van der Waals surface area contributed by atoms with Crippen molar-refractivity contribution in [3.05, 3.63) is 18.2 Å². The number of likely N-dealkylation sites (tertiary alicyclic amines) is 1. The van der Waals surface area contributed by atoms with E-state index in [1.165, 1.54) is 11.8 Å². The fourth-order valence-corrected chi connectivity index (χ4v) is 6.72. The minimum absolute atomic E-state index is 0.0917. The average molecular weight is 452 g/mol. The first-order valence-corrected chi connectivity index (χ1v) is 13.1. The lowest BCUT2D eigenvalue weighted by Gasteiger charge is -2.34. The number of benzene rings is 1. The van der Waals surface area contributed by atoms with Crippen LogP contribution in [0.25, 0.3) is 11.1 Å². The molecule has 7 nitrogen and oxygen atoms in total. The number of thioether (sulfide) groups is 1. The van der Waals surface area contributed by atoms with Gasteiger partial charge in [0, 0.05) is 26.2 Å². The summed E-state index contributed by atoms with van der Waals surface area (Å²) in [4.78, 5) is 19.2. The van der Waals surface area contributed by atoms with Gasteiger partial charge in [-0.25, -0.2) is 13.4 Å². The zero-order chi connectivity index (χ0) is 21.3. The van der Waals surface area contributed by atoms with Crippen molar-refractivity contribution in [3.8, 4) is 0 Å². The first kappa shape index (κ1) is 21.6. The van der Waals surface area contributed by atoms with Gasteiger partial charge in [-0.2, -0.15) is 4.31 Å². The maximum absolute atomic E-state index is 12.9. The van der Waals surface area contributed by atoms with Gasteiger partial charge in [-0.15, -0.1) is 0 Å². The van der Waals surface area contributed by atoms with Crippen LogP contribution >= 0.6 is 11.8 Å². The number of nitrogens with zero attached hydrogens (tertiary/aromatic N) is 3. The summed E-state index contributed by atoms with van der Waals surface area (Å²) in [6, 6.07) is 4.80. The van der Waals surface area contributed by atoms with Crippen LogP contribution in [0.15, 0.2) is 32.7 Å². The summed E-state index contributed by atoms with van der Waals surface area (Å²) in [7, 11) is -3.51. The van der Waals surface area contributed by atoms with Crippen molar-refractivity contribution in [3.63, 3.8) is 0 Å². The highest BCUT2D eigenvalue weighted by molar-refractivity contribution is 7.99. The van der Waals surface area contributed by atoms with Gasteiger partial charge >= 0.3 is 0 Å². The first-order chi connectivity index (χ1) is 14.3. The van der Waals surface area contributed by atoms with Crippen molar-refractivity contribution >= 4 is 38.8 Å². The molecule has 9 heteroatoms. The number of piperidine rings is 2. The molecule has 2 saturated heterocycles. The largest absolute Gasteiger partial charge is 0.431 e. The monoisotopic (exact) mass is 451 g/mol. The van der Waals surface area contributed by atoms with Crippen LogP contribution in [-0.4, -0.2) is 60.4 Å². The lowest BCUT2D eigenvalue weighted by Crippen LogP contribution is -2.43. The maximum Gasteiger partial charge on any atom is 0.257 e. The Balaban J connectivity index is 1.44. The molecule has 30 heavy (non-hydrogen) atoms. The third kappa shape index (κ3) is 4.68. The van der Waals surface area contributed by atoms with E-state index in [0.29, 0.717) is 41.2 Å². The number of carbonyl (C=O) groups excluding carboxylic acids is 1. The minimum Gasteiger partial charge on any atom is -0.431 e. The van der Waals surface area contributed by atoms with E-state index in [1.807, 2.05) is 4.90 Å². The standard InChI is InChI=1S/C21H29N3O4S2/c1-15-10-16(2)13-23(12-15)20(25)14-29-21-22-18-11-17(6-7-19(18)28-21)30(26,27)24-8-4-3-5-9-24/h6-7,11,15-16H,3-5,8-10,12-14H2,1-2H3. The lowest BCUT2D eigenvalue weighted by molar-refractivity contribution is -0.130. The molecule has 2 aliphatic heterocycles. The van der Waals surface area contributed by atoms with Crippen molar-refractivity contribution in [1.82, 2.24) is 14.2 Å². The normalized spacial score (nSPS) is 23.7. The Morgan fingerprint density at radius 1 is 1.17 bits per heavy atom. The van der Waals surface area contributed by atoms with Gasteiger partial charge in [-0.3, -0.25) is 4.79 Å². The molecule has 2 aliphatic rings. The Labute approximate surface area is 182 Å². The number of oxazole rings is 1. The number of amides is 1. The molecular weight excluding hydrogens is 422 g/mol. The van der Waals surface area contributed by atoms with Crippen LogP contribution in [-0.2, 0) is 14.8 Å². The highest BCUT2D eigenvalue weighted by Gasteiger charge is 2.27. The molecule has 0 radical (unpaired) electrons. The summed E-state index contributed by atoms with van der Waals surface area (Å²) < 4.78 is 33.1.